The van der Waals surface area contributed by atoms with Crippen LogP contribution in [0.4, 0.5) is 4.39 Å². The molecule has 1 N–H and O–H groups in total. The molecule has 0 aromatic heterocycles. The number of carbonyl (C=O) groups is 1. The van der Waals surface area contributed by atoms with E-state index in [4.69, 9.17) is 5.26 Å². The molecular formula is C13H11FN2O. The van der Waals surface area contributed by atoms with Crippen LogP contribution in [0.25, 0.3) is 6.08 Å². The highest BCUT2D eigenvalue weighted by molar-refractivity contribution is 6.01. The maximum Gasteiger partial charge on any atom is 0.262 e. The minimum absolute atomic E-state index is 0.00231. The van der Waals surface area contributed by atoms with E-state index in [9.17, 15) is 9.18 Å². The molecule has 0 bridgehead atoms. The molecule has 1 aliphatic rings. The van der Waals surface area contributed by atoms with Crippen LogP contribution in [0.1, 0.15) is 18.4 Å². The first kappa shape index (κ1) is 11.3. The molecule has 1 aromatic rings. The Morgan fingerprint density at radius 1 is 1.53 bits per heavy atom. The molecule has 4 heteroatoms. The van der Waals surface area contributed by atoms with E-state index in [2.05, 4.69) is 5.32 Å². The van der Waals surface area contributed by atoms with Gasteiger partial charge in [0.25, 0.3) is 5.91 Å². The number of amides is 1. The van der Waals surface area contributed by atoms with Crippen LogP contribution in [0.2, 0.25) is 0 Å². The number of rotatable bonds is 3. The Balaban J connectivity index is 2.16. The van der Waals surface area contributed by atoms with Gasteiger partial charge in [0.05, 0.1) is 0 Å². The lowest BCUT2D eigenvalue weighted by molar-refractivity contribution is -0.117. The minimum Gasteiger partial charge on any atom is -0.349 e. The third kappa shape index (κ3) is 3.15. The summed E-state index contributed by atoms with van der Waals surface area (Å²) in [7, 11) is 0. The number of nitriles is 1. The molecule has 0 heterocycles. The lowest BCUT2D eigenvalue weighted by Gasteiger charge is -2.01. The summed E-state index contributed by atoms with van der Waals surface area (Å²) >= 11 is 0. The van der Waals surface area contributed by atoms with E-state index in [-0.39, 0.29) is 17.5 Å². The van der Waals surface area contributed by atoms with Crippen molar-refractivity contribution in [1.29, 1.82) is 5.26 Å². The van der Waals surface area contributed by atoms with Crippen LogP contribution in [0.15, 0.2) is 29.8 Å². The average molecular weight is 230 g/mol. The monoisotopic (exact) mass is 230 g/mol. The molecule has 0 aliphatic heterocycles. The van der Waals surface area contributed by atoms with Crippen LogP contribution in [-0.2, 0) is 4.79 Å². The van der Waals surface area contributed by atoms with Gasteiger partial charge in [-0.1, -0.05) is 12.1 Å². The summed E-state index contributed by atoms with van der Waals surface area (Å²) in [6, 6.07) is 7.80. The van der Waals surface area contributed by atoms with Gasteiger partial charge < -0.3 is 5.32 Å². The van der Waals surface area contributed by atoms with E-state index in [1.165, 1.54) is 24.3 Å². The number of hydrogen-bond acceptors (Lipinski definition) is 2. The summed E-state index contributed by atoms with van der Waals surface area (Å²) in [5.41, 5.74) is 0.509. The molecule has 3 nitrogen and oxygen atoms in total. The normalized spacial score (nSPS) is 15.2. The highest BCUT2D eigenvalue weighted by Gasteiger charge is 2.24. The SMILES string of the molecule is N#C/C(=C\c1cccc(F)c1)C(=O)NC1CC1. The molecule has 1 saturated carbocycles. The molecule has 0 radical (unpaired) electrons. The summed E-state index contributed by atoms with van der Waals surface area (Å²) in [6.07, 6.45) is 3.32. The van der Waals surface area contributed by atoms with Crippen LogP contribution < -0.4 is 5.32 Å². The second-order valence-corrected chi connectivity index (χ2v) is 3.97. The van der Waals surface area contributed by atoms with Crippen LogP contribution in [0.5, 0.6) is 0 Å². The maximum atomic E-state index is 12.9. The molecule has 0 atom stereocenters. The van der Waals surface area contributed by atoms with E-state index in [0.717, 1.165) is 12.8 Å². The Bertz CT molecular complexity index is 512. The van der Waals surface area contributed by atoms with Gasteiger partial charge in [-0.25, -0.2) is 4.39 Å². The molecule has 0 saturated heterocycles. The first-order valence-corrected chi connectivity index (χ1v) is 5.37. The third-order valence-corrected chi connectivity index (χ3v) is 2.44. The van der Waals surface area contributed by atoms with Gasteiger partial charge in [-0.3, -0.25) is 4.79 Å². The van der Waals surface area contributed by atoms with Crippen molar-refractivity contribution in [3.05, 3.63) is 41.2 Å². The number of nitrogens with one attached hydrogen (secondary N) is 1. The highest BCUT2D eigenvalue weighted by Crippen LogP contribution is 2.19. The van der Waals surface area contributed by atoms with E-state index >= 15 is 0 Å². The summed E-state index contributed by atoms with van der Waals surface area (Å²) in [4.78, 5) is 11.6. The first-order valence-electron chi connectivity index (χ1n) is 5.37. The lowest BCUT2D eigenvalue weighted by atomic mass is 10.1. The van der Waals surface area contributed by atoms with Crippen molar-refractivity contribution in [2.24, 2.45) is 0 Å². The van der Waals surface area contributed by atoms with E-state index < -0.39 is 5.82 Å². The number of nitrogens with zero attached hydrogens (tertiary/aromatic N) is 1. The Labute approximate surface area is 98.6 Å². The van der Waals surface area contributed by atoms with Gasteiger partial charge in [-0.05, 0) is 36.6 Å². The van der Waals surface area contributed by atoms with Crippen molar-refractivity contribution in [3.63, 3.8) is 0 Å². The van der Waals surface area contributed by atoms with Gasteiger partial charge in [-0.2, -0.15) is 5.26 Å². The Hall–Kier alpha value is -2.15. The zero-order chi connectivity index (χ0) is 12.3. The van der Waals surface area contributed by atoms with Crippen molar-refractivity contribution < 1.29 is 9.18 Å². The van der Waals surface area contributed by atoms with Crippen molar-refractivity contribution in [3.8, 4) is 6.07 Å². The number of carbonyl (C=O) groups excluding carboxylic acids is 1. The highest BCUT2D eigenvalue weighted by atomic mass is 19.1. The molecule has 0 unspecified atom stereocenters. The minimum atomic E-state index is -0.390. The van der Waals surface area contributed by atoms with Crippen LogP contribution in [0, 0.1) is 17.1 Å². The van der Waals surface area contributed by atoms with Crippen LogP contribution in [-0.4, -0.2) is 11.9 Å². The van der Waals surface area contributed by atoms with Gasteiger partial charge in [-0.15, -0.1) is 0 Å². The fourth-order valence-corrected chi connectivity index (χ4v) is 1.40. The van der Waals surface area contributed by atoms with Gasteiger partial charge in [0.15, 0.2) is 0 Å². The quantitative estimate of drug-likeness (QED) is 0.638. The fourth-order valence-electron chi connectivity index (χ4n) is 1.40. The third-order valence-electron chi connectivity index (χ3n) is 2.44. The predicted molar refractivity (Wildman–Crippen MR) is 61.2 cm³/mol. The zero-order valence-electron chi connectivity index (χ0n) is 9.11. The second-order valence-electron chi connectivity index (χ2n) is 3.97. The first-order chi connectivity index (χ1) is 8.19. The van der Waals surface area contributed by atoms with E-state index in [1.54, 1.807) is 6.07 Å². The van der Waals surface area contributed by atoms with Crippen LogP contribution >= 0.6 is 0 Å². The molecule has 1 amide bonds. The summed E-state index contributed by atoms with van der Waals surface area (Å²) in [5, 5.41) is 11.6. The van der Waals surface area contributed by atoms with Crippen LogP contribution in [0.3, 0.4) is 0 Å². The van der Waals surface area contributed by atoms with Gasteiger partial charge >= 0.3 is 0 Å². The molecule has 17 heavy (non-hydrogen) atoms. The van der Waals surface area contributed by atoms with Crippen molar-refractivity contribution in [2.75, 3.05) is 0 Å². The number of hydrogen-bond donors (Lipinski definition) is 1. The van der Waals surface area contributed by atoms with Crippen molar-refractivity contribution in [2.45, 2.75) is 18.9 Å². The van der Waals surface area contributed by atoms with Crippen molar-refractivity contribution in [1.82, 2.24) is 5.32 Å². The number of halogens is 1. The summed E-state index contributed by atoms with van der Waals surface area (Å²) in [6.45, 7) is 0. The molecule has 1 aliphatic carbocycles. The predicted octanol–water partition coefficient (Wildman–Crippen LogP) is 2.01. The van der Waals surface area contributed by atoms with Crippen molar-refractivity contribution >= 4 is 12.0 Å². The lowest BCUT2D eigenvalue weighted by Crippen LogP contribution is -2.26. The Morgan fingerprint density at radius 2 is 2.29 bits per heavy atom. The average Bonchev–Trinajstić information content (AvgIpc) is 3.09. The topological polar surface area (TPSA) is 52.9 Å². The van der Waals surface area contributed by atoms with E-state index in [0.29, 0.717) is 5.56 Å². The summed E-state index contributed by atoms with van der Waals surface area (Å²) in [5.74, 6) is -0.780. The Morgan fingerprint density at radius 3 is 2.88 bits per heavy atom. The summed E-state index contributed by atoms with van der Waals surface area (Å²) < 4.78 is 12.9. The molecule has 86 valence electrons. The van der Waals surface area contributed by atoms with E-state index in [1.807, 2.05) is 6.07 Å². The maximum absolute atomic E-state index is 12.9. The molecule has 1 aromatic carbocycles. The number of benzene rings is 1. The molecule has 1 fully saturated rings. The molecule has 0 spiro atoms. The second kappa shape index (κ2) is 4.79. The molecular weight excluding hydrogens is 219 g/mol. The Kier molecular flexibility index (Phi) is 3.20. The van der Waals surface area contributed by atoms with Gasteiger partial charge in [0, 0.05) is 6.04 Å². The fraction of sp³-hybridized carbons (Fsp3) is 0.231. The van der Waals surface area contributed by atoms with Gasteiger partial charge in [0.2, 0.25) is 0 Å². The van der Waals surface area contributed by atoms with Gasteiger partial charge in [0.1, 0.15) is 17.5 Å². The smallest absolute Gasteiger partial charge is 0.262 e. The standard InChI is InChI=1S/C13H11FN2O/c14-11-3-1-2-9(7-11)6-10(8-15)13(17)16-12-4-5-12/h1-3,6-7,12H,4-5H2,(H,16,17)/b10-6+. The largest absolute Gasteiger partial charge is 0.349 e. The molecule has 2 rings (SSSR count). The zero-order valence-corrected chi connectivity index (χ0v) is 9.11.